The van der Waals surface area contributed by atoms with E-state index in [4.69, 9.17) is 16.3 Å². The van der Waals surface area contributed by atoms with Gasteiger partial charge in [0.25, 0.3) is 5.91 Å². The van der Waals surface area contributed by atoms with E-state index in [1.165, 1.54) is 6.07 Å². The fourth-order valence-electron chi connectivity index (χ4n) is 6.36. The third-order valence-electron chi connectivity index (χ3n) is 8.53. The predicted octanol–water partition coefficient (Wildman–Crippen LogP) is 5.33. The van der Waals surface area contributed by atoms with Crippen LogP contribution < -0.4 is 10.2 Å². The Labute approximate surface area is 267 Å². The summed E-state index contributed by atoms with van der Waals surface area (Å²) in [7, 11) is 0. The number of ether oxygens (including phenoxy) is 1. The number of aromatic nitrogens is 2. The quantitative estimate of drug-likeness (QED) is 0.282. The van der Waals surface area contributed by atoms with E-state index < -0.39 is 42.3 Å². The molecule has 3 aliphatic rings. The maximum absolute atomic E-state index is 14.6. The van der Waals surface area contributed by atoms with E-state index >= 15 is 0 Å². The first-order valence-corrected chi connectivity index (χ1v) is 15.6. The van der Waals surface area contributed by atoms with Crippen LogP contribution in [0.25, 0.3) is 10.9 Å². The van der Waals surface area contributed by atoms with Crippen LogP contribution in [0, 0.1) is 9.52 Å². The third-order valence-corrected chi connectivity index (χ3v) is 9.69. The number of hydrogen-bond acceptors (Lipinski definition) is 5. The van der Waals surface area contributed by atoms with E-state index in [2.05, 4.69) is 27.7 Å². The lowest BCUT2D eigenvalue weighted by atomic mass is 9.73. The lowest BCUT2D eigenvalue weighted by molar-refractivity contribution is -0.138. The molecule has 0 aliphatic carbocycles. The van der Waals surface area contributed by atoms with Gasteiger partial charge >= 0.3 is 6.18 Å². The number of hydrogen-bond donors (Lipinski definition) is 1. The number of carbonyl (C=O) groups excluding carboxylic acids is 3. The van der Waals surface area contributed by atoms with Crippen LogP contribution in [0.5, 0.6) is 0 Å². The largest absolute Gasteiger partial charge is 0.405 e. The molecule has 1 aromatic heterocycles. The predicted molar refractivity (Wildman–Crippen MR) is 161 cm³/mol. The van der Waals surface area contributed by atoms with Gasteiger partial charge in [-0.25, -0.2) is 9.07 Å². The molecule has 3 aromatic rings. The fourth-order valence-corrected chi connectivity index (χ4v) is 7.37. The number of carbonyl (C=O) groups is 3. The smallest absolute Gasteiger partial charge is 0.356 e. The minimum Gasteiger partial charge on any atom is -0.356 e. The molecule has 15 heteroatoms. The highest BCUT2D eigenvalue weighted by molar-refractivity contribution is 14.1. The highest BCUT2D eigenvalue weighted by atomic mass is 127. The average molecular weight is 748 g/mol. The first-order chi connectivity index (χ1) is 20.9. The van der Waals surface area contributed by atoms with Crippen molar-refractivity contribution in [3.05, 3.63) is 56.0 Å². The molecule has 6 rings (SSSR count). The van der Waals surface area contributed by atoms with Crippen LogP contribution in [0.1, 0.15) is 54.3 Å². The van der Waals surface area contributed by atoms with Crippen molar-refractivity contribution in [1.82, 2.24) is 20.0 Å². The van der Waals surface area contributed by atoms with Crippen LogP contribution in [0.15, 0.2) is 30.3 Å². The van der Waals surface area contributed by atoms with Crippen molar-refractivity contribution >= 4 is 68.5 Å². The number of amides is 3. The molecular weight excluding hydrogens is 721 g/mol. The number of alkyl halides is 3. The first kappa shape index (κ1) is 31.0. The van der Waals surface area contributed by atoms with Gasteiger partial charge in [0, 0.05) is 36.2 Å². The number of nitrogens with zero attached hydrogens (tertiary/aromatic N) is 4. The topological polar surface area (TPSA) is 96.8 Å². The van der Waals surface area contributed by atoms with Gasteiger partial charge in [0.05, 0.1) is 21.6 Å². The number of piperidine rings is 1. The molecule has 44 heavy (non-hydrogen) atoms. The maximum Gasteiger partial charge on any atom is 0.405 e. The molecule has 0 saturated carbocycles. The Hall–Kier alpha value is -2.98. The van der Waals surface area contributed by atoms with Crippen molar-refractivity contribution in [2.24, 2.45) is 0 Å². The van der Waals surface area contributed by atoms with E-state index in [9.17, 15) is 31.9 Å². The number of nitrogens with one attached hydrogen (secondary N) is 1. The minimum atomic E-state index is -4.62. The minimum absolute atomic E-state index is 0.0884. The molecule has 1 atom stereocenters. The Kier molecular flexibility index (Phi) is 8.28. The molecule has 4 heterocycles. The standard InChI is InChI=1S/C29H27ClF4IN5O4/c30-24-18(31)5-7-20-23(24)28(27(43)39(20)14-21(41)36-15-29(32,33)34)8-10-38(11-9-28)26(42)16-4-6-19-17(13-16)25(35)37-40(19)22-3-1-2-12-44-22/h4-7,13,22H,1-3,8-12,14-15H2,(H,36,41). The van der Waals surface area contributed by atoms with Crippen molar-refractivity contribution in [2.45, 2.75) is 49.9 Å². The van der Waals surface area contributed by atoms with E-state index in [0.717, 1.165) is 44.8 Å². The molecule has 2 fully saturated rings. The van der Waals surface area contributed by atoms with Gasteiger partial charge in [-0.3, -0.25) is 14.4 Å². The summed E-state index contributed by atoms with van der Waals surface area (Å²) >= 11 is 8.51. The molecule has 0 bridgehead atoms. The molecule has 1 unspecified atom stereocenters. The Morgan fingerprint density at radius 1 is 1.16 bits per heavy atom. The lowest BCUT2D eigenvalue weighted by Crippen LogP contribution is -2.51. The van der Waals surface area contributed by atoms with E-state index in [-0.39, 0.29) is 54.3 Å². The zero-order valence-corrected chi connectivity index (χ0v) is 26.1. The highest BCUT2D eigenvalue weighted by Crippen LogP contribution is 2.51. The SMILES string of the molecule is O=C(CN1C(=O)C2(CCN(C(=O)c3ccc4c(c3)c(I)nn4C3CCCCO3)CC2)c2c1ccc(F)c2Cl)NCC(F)(F)F. The maximum atomic E-state index is 14.6. The summed E-state index contributed by atoms with van der Waals surface area (Å²) in [4.78, 5) is 42.4. The van der Waals surface area contributed by atoms with Crippen molar-refractivity contribution in [3.63, 3.8) is 0 Å². The van der Waals surface area contributed by atoms with Gasteiger partial charge in [-0.2, -0.15) is 18.3 Å². The summed E-state index contributed by atoms with van der Waals surface area (Å²) in [5, 5.41) is 6.95. The number of anilines is 1. The number of halogens is 6. The molecule has 3 amide bonds. The zero-order valence-electron chi connectivity index (χ0n) is 23.2. The molecule has 2 aromatic carbocycles. The average Bonchev–Trinajstić information content (AvgIpc) is 3.45. The molecule has 3 aliphatic heterocycles. The van der Waals surface area contributed by atoms with Crippen LogP contribution >= 0.6 is 34.2 Å². The summed E-state index contributed by atoms with van der Waals surface area (Å²) in [6, 6.07) is 7.72. The van der Waals surface area contributed by atoms with Crippen molar-refractivity contribution < 1.29 is 36.7 Å². The Bertz CT molecular complexity index is 1650. The molecule has 0 radical (unpaired) electrons. The van der Waals surface area contributed by atoms with Crippen molar-refractivity contribution in [2.75, 3.05) is 37.7 Å². The summed E-state index contributed by atoms with van der Waals surface area (Å²) < 4.78 is 61.0. The van der Waals surface area contributed by atoms with Gasteiger partial charge in [-0.1, -0.05) is 11.6 Å². The second-order valence-corrected chi connectivity index (χ2v) is 12.6. The lowest BCUT2D eigenvalue weighted by Gasteiger charge is -2.38. The summed E-state index contributed by atoms with van der Waals surface area (Å²) in [6.45, 7) is -1.30. The van der Waals surface area contributed by atoms with Crippen LogP contribution in [0.2, 0.25) is 5.02 Å². The first-order valence-electron chi connectivity index (χ1n) is 14.1. The van der Waals surface area contributed by atoms with Crippen LogP contribution in [-0.2, 0) is 19.7 Å². The van der Waals surface area contributed by atoms with Crippen LogP contribution in [-0.4, -0.2) is 71.4 Å². The number of benzene rings is 2. The molecular formula is C29H27ClF4IN5O4. The van der Waals surface area contributed by atoms with Gasteiger partial charge in [-0.15, -0.1) is 0 Å². The van der Waals surface area contributed by atoms with Gasteiger partial charge < -0.3 is 19.9 Å². The summed E-state index contributed by atoms with van der Waals surface area (Å²) in [5.74, 6) is -2.60. The van der Waals surface area contributed by atoms with E-state index in [0.29, 0.717) is 12.2 Å². The van der Waals surface area contributed by atoms with Crippen molar-refractivity contribution in [3.8, 4) is 0 Å². The molecule has 1 spiro atoms. The Balaban J connectivity index is 1.22. The molecule has 9 nitrogen and oxygen atoms in total. The zero-order chi connectivity index (χ0) is 31.4. The Morgan fingerprint density at radius 2 is 1.91 bits per heavy atom. The molecule has 2 saturated heterocycles. The second kappa shape index (κ2) is 11.7. The Morgan fingerprint density at radius 3 is 2.59 bits per heavy atom. The normalized spacial score (nSPS) is 20.0. The molecule has 234 valence electrons. The van der Waals surface area contributed by atoms with Crippen LogP contribution in [0.4, 0.5) is 23.2 Å². The third kappa shape index (κ3) is 5.53. The van der Waals surface area contributed by atoms with E-state index in [1.54, 1.807) is 22.3 Å². The summed E-state index contributed by atoms with van der Waals surface area (Å²) in [6.07, 6.45) is -1.69. The van der Waals surface area contributed by atoms with E-state index in [1.807, 2.05) is 10.7 Å². The van der Waals surface area contributed by atoms with Crippen LogP contribution in [0.3, 0.4) is 0 Å². The molecule has 1 N–H and O–H groups in total. The van der Waals surface area contributed by atoms with Gasteiger partial charge in [0.15, 0.2) is 6.23 Å². The number of rotatable bonds is 5. The van der Waals surface area contributed by atoms with Gasteiger partial charge in [0.2, 0.25) is 11.8 Å². The number of fused-ring (bicyclic) bond motifs is 3. The second-order valence-electron chi connectivity index (χ2n) is 11.2. The van der Waals surface area contributed by atoms with Crippen molar-refractivity contribution in [1.29, 1.82) is 0 Å². The van der Waals surface area contributed by atoms with Gasteiger partial charge in [-0.05, 0) is 85.0 Å². The highest BCUT2D eigenvalue weighted by Gasteiger charge is 2.54. The summed E-state index contributed by atoms with van der Waals surface area (Å²) in [5.41, 5.74) is 0.326. The monoisotopic (exact) mass is 747 g/mol. The van der Waals surface area contributed by atoms with Gasteiger partial charge in [0.1, 0.15) is 22.6 Å². The number of likely N-dealkylation sites (tertiary alicyclic amines) is 1. The fraction of sp³-hybridized carbons (Fsp3) is 0.448.